The number of amides is 2. The van der Waals surface area contributed by atoms with Gasteiger partial charge in [0.05, 0.1) is 18.8 Å². The zero-order valence-electron chi connectivity index (χ0n) is 7.62. The molecule has 0 aliphatic carbocycles. The zero-order chi connectivity index (χ0) is 9.14. The van der Waals surface area contributed by atoms with Crippen LogP contribution in [0.5, 0.6) is 0 Å². The quantitative estimate of drug-likeness (QED) is 0.628. The van der Waals surface area contributed by atoms with E-state index in [4.69, 9.17) is 10.5 Å². The van der Waals surface area contributed by atoms with Crippen molar-refractivity contribution >= 4 is 6.03 Å². The van der Waals surface area contributed by atoms with Crippen molar-refractivity contribution in [3.63, 3.8) is 0 Å². The Morgan fingerprint density at radius 3 is 2.67 bits per heavy atom. The molecule has 4 nitrogen and oxygen atoms in total. The highest BCUT2D eigenvalue weighted by Gasteiger charge is 2.23. The molecule has 2 amide bonds. The summed E-state index contributed by atoms with van der Waals surface area (Å²) < 4.78 is 5.41. The Morgan fingerprint density at radius 2 is 2.25 bits per heavy atom. The van der Waals surface area contributed by atoms with Crippen molar-refractivity contribution in [1.29, 1.82) is 0 Å². The summed E-state index contributed by atoms with van der Waals surface area (Å²) in [7, 11) is 1.71. The summed E-state index contributed by atoms with van der Waals surface area (Å²) in [5.74, 6) is 0. The van der Waals surface area contributed by atoms with Gasteiger partial charge >= 0.3 is 6.03 Å². The number of nitrogens with two attached hydrogens (primary N) is 1. The van der Waals surface area contributed by atoms with E-state index in [1.54, 1.807) is 11.9 Å². The lowest BCUT2D eigenvalue weighted by molar-refractivity contribution is -0.0119. The molecule has 12 heavy (non-hydrogen) atoms. The van der Waals surface area contributed by atoms with Crippen molar-refractivity contribution in [3.8, 4) is 0 Å². The topological polar surface area (TPSA) is 55.6 Å². The van der Waals surface area contributed by atoms with E-state index in [-0.39, 0.29) is 12.1 Å². The Balaban J connectivity index is 2.39. The maximum atomic E-state index is 10.8. The van der Waals surface area contributed by atoms with Gasteiger partial charge in [-0.2, -0.15) is 0 Å². The second-order valence-electron chi connectivity index (χ2n) is 3.32. The standard InChI is InChI=1S/C8H16N2O2/c1-6-3-4-7(5-12-6)10(2)8(9)11/h6-7H,3-5H2,1-2H3,(H2,9,11). The molecule has 1 rings (SSSR count). The van der Waals surface area contributed by atoms with Gasteiger partial charge in [-0.3, -0.25) is 0 Å². The third kappa shape index (κ3) is 2.11. The minimum atomic E-state index is -0.377. The largest absolute Gasteiger partial charge is 0.376 e. The van der Waals surface area contributed by atoms with Crippen LogP contribution in [0.15, 0.2) is 0 Å². The lowest BCUT2D eigenvalue weighted by atomic mass is 10.1. The smallest absolute Gasteiger partial charge is 0.314 e. The number of carbonyl (C=O) groups excluding carboxylic acids is 1. The van der Waals surface area contributed by atoms with Crippen molar-refractivity contribution in [2.75, 3.05) is 13.7 Å². The first-order valence-corrected chi connectivity index (χ1v) is 4.25. The lowest BCUT2D eigenvalue weighted by Gasteiger charge is -2.32. The van der Waals surface area contributed by atoms with Crippen LogP contribution in [-0.4, -0.2) is 36.7 Å². The van der Waals surface area contributed by atoms with Gasteiger partial charge in [-0.25, -0.2) is 4.79 Å². The molecule has 0 saturated carbocycles. The highest BCUT2D eigenvalue weighted by Crippen LogP contribution is 2.16. The Bertz CT molecular complexity index is 164. The normalized spacial score (nSPS) is 29.8. The fourth-order valence-corrected chi connectivity index (χ4v) is 1.35. The monoisotopic (exact) mass is 172 g/mol. The van der Waals surface area contributed by atoms with Crippen LogP contribution in [0.25, 0.3) is 0 Å². The number of likely N-dealkylation sites (N-methyl/N-ethyl adjacent to an activating group) is 1. The average Bonchev–Trinajstić information content (AvgIpc) is 2.04. The summed E-state index contributed by atoms with van der Waals surface area (Å²) in [5, 5.41) is 0. The molecule has 2 N–H and O–H groups in total. The number of carbonyl (C=O) groups is 1. The highest BCUT2D eigenvalue weighted by atomic mass is 16.5. The number of primary amides is 1. The molecule has 2 unspecified atom stereocenters. The third-order valence-corrected chi connectivity index (χ3v) is 2.37. The second-order valence-corrected chi connectivity index (χ2v) is 3.32. The van der Waals surface area contributed by atoms with Gasteiger partial charge in [-0.15, -0.1) is 0 Å². The average molecular weight is 172 g/mol. The molecule has 0 bridgehead atoms. The van der Waals surface area contributed by atoms with Crippen LogP contribution < -0.4 is 5.73 Å². The molecule has 0 radical (unpaired) electrons. The number of urea groups is 1. The van der Waals surface area contributed by atoms with Gasteiger partial charge in [0, 0.05) is 7.05 Å². The summed E-state index contributed by atoms with van der Waals surface area (Å²) >= 11 is 0. The van der Waals surface area contributed by atoms with E-state index in [2.05, 4.69) is 0 Å². The molecule has 0 spiro atoms. The molecule has 0 aromatic heterocycles. The van der Waals surface area contributed by atoms with Crippen molar-refractivity contribution in [2.45, 2.75) is 31.9 Å². The Kier molecular flexibility index (Phi) is 2.92. The van der Waals surface area contributed by atoms with Crippen molar-refractivity contribution < 1.29 is 9.53 Å². The Morgan fingerprint density at radius 1 is 1.58 bits per heavy atom. The summed E-state index contributed by atoms with van der Waals surface area (Å²) in [4.78, 5) is 12.3. The first-order chi connectivity index (χ1) is 5.61. The van der Waals surface area contributed by atoms with Crippen LogP contribution in [0.2, 0.25) is 0 Å². The molecule has 1 saturated heterocycles. The predicted molar refractivity (Wildman–Crippen MR) is 45.8 cm³/mol. The number of rotatable bonds is 1. The molecule has 1 fully saturated rings. The molecule has 1 heterocycles. The molecule has 4 heteroatoms. The molecule has 1 aliphatic rings. The molecule has 0 aromatic rings. The fourth-order valence-electron chi connectivity index (χ4n) is 1.35. The van der Waals surface area contributed by atoms with E-state index in [0.717, 1.165) is 12.8 Å². The molecule has 1 aliphatic heterocycles. The predicted octanol–water partition coefficient (Wildman–Crippen LogP) is 0.564. The fraction of sp³-hybridized carbons (Fsp3) is 0.875. The van der Waals surface area contributed by atoms with E-state index in [9.17, 15) is 4.79 Å². The van der Waals surface area contributed by atoms with Crippen LogP contribution in [0.4, 0.5) is 4.79 Å². The van der Waals surface area contributed by atoms with Crippen molar-refractivity contribution in [2.24, 2.45) is 5.73 Å². The Labute approximate surface area is 72.7 Å². The SMILES string of the molecule is CC1CCC(N(C)C(N)=O)CO1. The number of hydrogen-bond acceptors (Lipinski definition) is 2. The van der Waals surface area contributed by atoms with E-state index in [1.165, 1.54) is 0 Å². The van der Waals surface area contributed by atoms with Gasteiger partial charge in [-0.1, -0.05) is 0 Å². The minimum Gasteiger partial charge on any atom is -0.376 e. The van der Waals surface area contributed by atoms with Crippen LogP contribution in [0.3, 0.4) is 0 Å². The van der Waals surface area contributed by atoms with Crippen LogP contribution in [0.1, 0.15) is 19.8 Å². The number of nitrogens with zero attached hydrogens (tertiary/aromatic N) is 1. The van der Waals surface area contributed by atoms with Gasteiger partial charge in [0.15, 0.2) is 0 Å². The van der Waals surface area contributed by atoms with Gasteiger partial charge in [0.25, 0.3) is 0 Å². The summed E-state index contributed by atoms with van der Waals surface area (Å²) in [6, 6.07) is -0.211. The van der Waals surface area contributed by atoms with E-state index < -0.39 is 0 Å². The van der Waals surface area contributed by atoms with Gasteiger partial charge < -0.3 is 15.4 Å². The van der Waals surface area contributed by atoms with Gasteiger partial charge in [0.1, 0.15) is 0 Å². The van der Waals surface area contributed by atoms with Gasteiger partial charge in [0.2, 0.25) is 0 Å². The van der Waals surface area contributed by atoms with Gasteiger partial charge in [-0.05, 0) is 19.8 Å². The molecule has 0 aromatic carbocycles. The van der Waals surface area contributed by atoms with Crippen LogP contribution in [0, 0.1) is 0 Å². The van der Waals surface area contributed by atoms with E-state index in [1.807, 2.05) is 6.92 Å². The maximum Gasteiger partial charge on any atom is 0.314 e. The van der Waals surface area contributed by atoms with E-state index in [0.29, 0.717) is 12.7 Å². The molecular formula is C8H16N2O2. The van der Waals surface area contributed by atoms with Crippen LogP contribution in [-0.2, 0) is 4.74 Å². The second kappa shape index (κ2) is 3.76. The highest BCUT2D eigenvalue weighted by molar-refractivity contribution is 5.72. The minimum absolute atomic E-state index is 0.165. The third-order valence-electron chi connectivity index (χ3n) is 2.37. The zero-order valence-corrected chi connectivity index (χ0v) is 7.62. The van der Waals surface area contributed by atoms with E-state index >= 15 is 0 Å². The first kappa shape index (κ1) is 9.32. The first-order valence-electron chi connectivity index (χ1n) is 4.25. The number of ether oxygens (including phenoxy) is 1. The summed E-state index contributed by atoms with van der Waals surface area (Å²) in [6.07, 6.45) is 2.31. The molecule has 2 atom stereocenters. The summed E-state index contributed by atoms with van der Waals surface area (Å²) in [6.45, 7) is 2.65. The number of hydrogen-bond donors (Lipinski definition) is 1. The van der Waals surface area contributed by atoms with Crippen molar-refractivity contribution in [1.82, 2.24) is 4.90 Å². The summed E-state index contributed by atoms with van der Waals surface area (Å²) in [5.41, 5.74) is 5.13. The van der Waals surface area contributed by atoms with Crippen LogP contribution >= 0.6 is 0 Å². The molecular weight excluding hydrogens is 156 g/mol. The maximum absolute atomic E-state index is 10.8. The molecule has 70 valence electrons. The Hall–Kier alpha value is -0.770. The lowest BCUT2D eigenvalue weighted by Crippen LogP contribution is -2.45. The van der Waals surface area contributed by atoms with Crippen molar-refractivity contribution in [3.05, 3.63) is 0 Å².